The lowest BCUT2D eigenvalue weighted by molar-refractivity contribution is -0.141. The summed E-state index contributed by atoms with van der Waals surface area (Å²) in [6.07, 6.45) is 5.84. The Bertz CT molecular complexity index is 798. The molecule has 0 bridgehead atoms. The Morgan fingerprint density at radius 3 is 2.68 bits per heavy atom. The molecule has 4 rings (SSSR count). The molecule has 0 unspecified atom stereocenters. The van der Waals surface area contributed by atoms with Crippen molar-refractivity contribution < 1.29 is 9.53 Å². The van der Waals surface area contributed by atoms with E-state index in [2.05, 4.69) is 51.9 Å². The number of aryl methyl sites for hydroxylation is 1. The molecule has 3 heterocycles. The summed E-state index contributed by atoms with van der Waals surface area (Å²) >= 11 is 0. The molecular formula is C23H31N3O2. The van der Waals surface area contributed by atoms with E-state index in [1.807, 2.05) is 12.1 Å². The zero-order valence-electron chi connectivity index (χ0n) is 17.0. The van der Waals surface area contributed by atoms with E-state index >= 15 is 0 Å². The van der Waals surface area contributed by atoms with Crippen LogP contribution in [0.4, 0.5) is 0 Å². The van der Waals surface area contributed by atoms with Crippen molar-refractivity contribution in [3.63, 3.8) is 0 Å². The van der Waals surface area contributed by atoms with Crippen LogP contribution in [0.25, 0.3) is 0 Å². The Morgan fingerprint density at radius 2 is 1.96 bits per heavy atom. The average Bonchev–Trinajstić information content (AvgIpc) is 3.12. The quantitative estimate of drug-likeness (QED) is 0.772. The van der Waals surface area contributed by atoms with Crippen LogP contribution in [0.5, 0.6) is 5.75 Å². The standard InChI is InChI=1S/C23H31N3O2/c1-24-13-3-4-20(24)17-25-14-12-22-19(16-25)7-10-23(27)26(22)15-11-18-5-8-21(28-2)9-6-18/h3-6,8-9,13,19,22H,7,10-12,14-17H2,1-2H3/t19-,22+/m0/s1. The minimum Gasteiger partial charge on any atom is -0.497 e. The van der Waals surface area contributed by atoms with Gasteiger partial charge < -0.3 is 14.2 Å². The lowest BCUT2D eigenvalue weighted by Crippen LogP contribution is -2.56. The Hall–Kier alpha value is -2.27. The second-order valence-electron chi connectivity index (χ2n) is 8.19. The van der Waals surface area contributed by atoms with E-state index in [0.29, 0.717) is 24.3 Å². The number of ether oxygens (including phenoxy) is 1. The van der Waals surface area contributed by atoms with E-state index in [0.717, 1.165) is 51.2 Å². The van der Waals surface area contributed by atoms with Crippen LogP contribution in [0.3, 0.4) is 0 Å². The Labute approximate surface area is 167 Å². The first-order chi connectivity index (χ1) is 13.6. The predicted octanol–water partition coefficient (Wildman–Crippen LogP) is 3.09. The van der Waals surface area contributed by atoms with E-state index in [-0.39, 0.29) is 0 Å². The van der Waals surface area contributed by atoms with E-state index < -0.39 is 0 Å². The van der Waals surface area contributed by atoms with Crippen LogP contribution >= 0.6 is 0 Å². The van der Waals surface area contributed by atoms with Gasteiger partial charge in [-0.1, -0.05) is 12.1 Å². The van der Waals surface area contributed by atoms with Gasteiger partial charge in [0.2, 0.25) is 5.91 Å². The molecule has 0 radical (unpaired) electrons. The van der Waals surface area contributed by atoms with Crippen molar-refractivity contribution in [2.75, 3.05) is 26.7 Å². The average molecular weight is 382 g/mol. The highest BCUT2D eigenvalue weighted by Crippen LogP contribution is 2.32. The fourth-order valence-corrected chi connectivity index (χ4v) is 4.79. The minimum absolute atomic E-state index is 0.339. The number of nitrogens with zero attached hydrogens (tertiary/aromatic N) is 3. The molecule has 2 aromatic rings. The first kappa shape index (κ1) is 19.1. The highest BCUT2D eigenvalue weighted by Gasteiger charge is 2.38. The lowest BCUT2D eigenvalue weighted by atomic mass is 9.83. The van der Waals surface area contributed by atoms with Crippen molar-refractivity contribution >= 4 is 5.91 Å². The Kier molecular flexibility index (Phi) is 5.72. The summed E-state index contributed by atoms with van der Waals surface area (Å²) < 4.78 is 7.44. The molecule has 2 saturated heterocycles. The minimum atomic E-state index is 0.339. The van der Waals surface area contributed by atoms with E-state index in [4.69, 9.17) is 4.74 Å². The van der Waals surface area contributed by atoms with Crippen molar-refractivity contribution in [2.45, 2.75) is 38.3 Å². The number of likely N-dealkylation sites (tertiary alicyclic amines) is 2. The summed E-state index contributed by atoms with van der Waals surface area (Å²) in [6, 6.07) is 12.9. The van der Waals surface area contributed by atoms with Crippen molar-refractivity contribution in [2.24, 2.45) is 13.0 Å². The molecule has 150 valence electrons. The maximum Gasteiger partial charge on any atom is 0.222 e. The molecule has 1 aromatic heterocycles. The van der Waals surface area contributed by atoms with Gasteiger partial charge in [0.15, 0.2) is 0 Å². The number of fused-ring (bicyclic) bond motifs is 1. The largest absolute Gasteiger partial charge is 0.497 e. The number of piperidine rings is 2. The van der Waals surface area contributed by atoms with Crippen LogP contribution in [-0.4, -0.2) is 53.1 Å². The summed E-state index contributed by atoms with van der Waals surface area (Å²) in [4.78, 5) is 17.4. The van der Waals surface area contributed by atoms with Crippen LogP contribution in [0, 0.1) is 5.92 Å². The highest BCUT2D eigenvalue weighted by molar-refractivity contribution is 5.77. The number of carbonyl (C=O) groups is 1. The number of hydrogen-bond donors (Lipinski definition) is 0. The Morgan fingerprint density at radius 1 is 1.14 bits per heavy atom. The predicted molar refractivity (Wildman–Crippen MR) is 110 cm³/mol. The van der Waals surface area contributed by atoms with Crippen molar-refractivity contribution in [1.29, 1.82) is 0 Å². The molecule has 28 heavy (non-hydrogen) atoms. The normalized spacial score (nSPS) is 22.9. The van der Waals surface area contributed by atoms with Gasteiger partial charge in [0.1, 0.15) is 5.75 Å². The summed E-state index contributed by atoms with van der Waals surface area (Å²) in [6.45, 7) is 4.00. The zero-order valence-corrected chi connectivity index (χ0v) is 17.0. The molecule has 2 atom stereocenters. The second kappa shape index (κ2) is 8.39. The van der Waals surface area contributed by atoms with Crippen molar-refractivity contribution in [3.05, 3.63) is 53.9 Å². The maximum atomic E-state index is 12.6. The van der Waals surface area contributed by atoms with Gasteiger partial charge in [0, 0.05) is 57.6 Å². The zero-order chi connectivity index (χ0) is 19.5. The Balaban J connectivity index is 1.36. The second-order valence-corrected chi connectivity index (χ2v) is 8.19. The number of amides is 1. The van der Waals surface area contributed by atoms with Crippen molar-refractivity contribution in [3.8, 4) is 5.75 Å². The number of hydrogen-bond acceptors (Lipinski definition) is 3. The van der Waals surface area contributed by atoms with Gasteiger partial charge in [0.25, 0.3) is 0 Å². The van der Waals surface area contributed by atoms with Crippen LogP contribution in [0.2, 0.25) is 0 Å². The summed E-state index contributed by atoms with van der Waals surface area (Å²) in [5, 5.41) is 0. The number of methoxy groups -OCH3 is 1. The first-order valence-corrected chi connectivity index (χ1v) is 10.4. The molecular weight excluding hydrogens is 350 g/mol. The molecule has 2 fully saturated rings. The number of aromatic nitrogens is 1. The molecule has 0 N–H and O–H groups in total. The van der Waals surface area contributed by atoms with Crippen molar-refractivity contribution in [1.82, 2.24) is 14.4 Å². The summed E-state index contributed by atoms with van der Waals surface area (Å²) in [5.74, 6) is 1.82. The van der Waals surface area contributed by atoms with Gasteiger partial charge in [-0.2, -0.15) is 0 Å². The van der Waals surface area contributed by atoms with Gasteiger partial charge in [-0.3, -0.25) is 9.69 Å². The van der Waals surface area contributed by atoms with Gasteiger partial charge in [-0.05, 0) is 55.0 Å². The summed E-state index contributed by atoms with van der Waals surface area (Å²) in [5.41, 5.74) is 2.62. The van der Waals surface area contributed by atoms with Crippen LogP contribution in [-0.2, 0) is 24.8 Å². The first-order valence-electron chi connectivity index (χ1n) is 10.4. The smallest absolute Gasteiger partial charge is 0.222 e. The third kappa shape index (κ3) is 4.09. The highest BCUT2D eigenvalue weighted by atomic mass is 16.5. The summed E-state index contributed by atoms with van der Waals surface area (Å²) in [7, 11) is 3.80. The van der Waals surface area contributed by atoms with Gasteiger partial charge >= 0.3 is 0 Å². The number of rotatable bonds is 6. The fraction of sp³-hybridized carbons (Fsp3) is 0.522. The molecule has 2 aliphatic rings. The molecule has 5 nitrogen and oxygen atoms in total. The molecule has 1 amide bonds. The van der Waals surface area contributed by atoms with Crippen LogP contribution in [0.1, 0.15) is 30.5 Å². The topological polar surface area (TPSA) is 37.7 Å². The lowest BCUT2D eigenvalue weighted by Gasteiger charge is -2.47. The van der Waals surface area contributed by atoms with E-state index in [9.17, 15) is 4.79 Å². The SMILES string of the molecule is COc1ccc(CCN2C(=O)CC[C@H]3CN(Cc4cccn4C)CC[C@H]32)cc1. The van der Waals surface area contributed by atoms with Crippen LogP contribution in [0.15, 0.2) is 42.6 Å². The molecule has 5 heteroatoms. The van der Waals surface area contributed by atoms with E-state index in [1.165, 1.54) is 11.3 Å². The number of carbonyl (C=O) groups excluding carboxylic acids is 1. The third-order valence-corrected chi connectivity index (χ3v) is 6.46. The molecule has 0 aliphatic carbocycles. The van der Waals surface area contributed by atoms with Gasteiger partial charge in [-0.15, -0.1) is 0 Å². The molecule has 0 spiro atoms. The molecule has 2 aliphatic heterocycles. The maximum absolute atomic E-state index is 12.6. The monoisotopic (exact) mass is 381 g/mol. The van der Waals surface area contributed by atoms with Gasteiger partial charge in [0.05, 0.1) is 7.11 Å². The molecule has 1 aromatic carbocycles. The van der Waals surface area contributed by atoms with Crippen LogP contribution < -0.4 is 4.74 Å². The van der Waals surface area contributed by atoms with E-state index in [1.54, 1.807) is 7.11 Å². The number of benzene rings is 1. The third-order valence-electron chi connectivity index (χ3n) is 6.46. The van der Waals surface area contributed by atoms with Gasteiger partial charge in [-0.25, -0.2) is 0 Å². The fourth-order valence-electron chi connectivity index (χ4n) is 4.79. The molecule has 0 saturated carbocycles.